The monoisotopic (exact) mass is 348 g/mol. The molecular weight excluding hydrogens is 332 g/mol. The van der Waals surface area contributed by atoms with Crippen LogP contribution in [0.1, 0.15) is 30.3 Å². The summed E-state index contributed by atoms with van der Waals surface area (Å²) in [6, 6.07) is 7.70. The maximum Gasteiger partial charge on any atom is 0.326 e. The van der Waals surface area contributed by atoms with Crippen molar-refractivity contribution in [1.29, 1.82) is 0 Å². The Bertz CT molecular complexity index is 773. The Balaban J connectivity index is 1.84. The Morgan fingerprint density at radius 1 is 1.38 bits per heavy atom. The number of halogens is 1. The summed E-state index contributed by atoms with van der Waals surface area (Å²) >= 11 is 5.95. The zero-order valence-electron chi connectivity index (χ0n) is 13.1. The number of hydrogen-bond acceptors (Lipinski definition) is 4. The summed E-state index contributed by atoms with van der Waals surface area (Å²) in [7, 11) is 0. The Labute approximate surface area is 144 Å². The molecule has 1 aliphatic rings. The van der Waals surface area contributed by atoms with Gasteiger partial charge in [0.15, 0.2) is 11.5 Å². The molecule has 0 saturated carbocycles. The van der Waals surface area contributed by atoms with Crippen molar-refractivity contribution >= 4 is 23.5 Å². The molecule has 2 aromatic rings. The molecule has 0 radical (unpaired) electrons. The van der Waals surface area contributed by atoms with Gasteiger partial charge in [0, 0.05) is 23.2 Å². The van der Waals surface area contributed by atoms with Crippen molar-refractivity contribution in [2.24, 2.45) is 5.92 Å². The molecule has 126 valence electrons. The molecule has 24 heavy (non-hydrogen) atoms. The Kier molecular flexibility index (Phi) is 4.57. The summed E-state index contributed by atoms with van der Waals surface area (Å²) in [5, 5.41) is 13.7. The van der Waals surface area contributed by atoms with E-state index in [-0.39, 0.29) is 11.6 Å². The van der Waals surface area contributed by atoms with Gasteiger partial charge in [-0.1, -0.05) is 35.8 Å². The number of carboxylic acid groups (broad SMARTS) is 1. The zero-order chi connectivity index (χ0) is 17.3. The normalized spacial score (nSPS) is 20.8. The van der Waals surface area contributed by atoms with Gasteiger partial charge in [-0.05, 0) is 30.9 Å². The highest BCUT2D eigenvalue weighted by atomic mass is 35.5. The lowest BCUT2D eigenvalue weighted by molar-refractivity contribution is -0.144. The first kappa shape index (κ1) is 16.5. The lowest BCUT2D eigenvalue weighted by Crippen LogP contribution is -2.49. The first-order chi connectivity index (χ1) is 11.5. The third kappa shape index (κ3) is 3.28. The molecule has 1 saturated heterocycles. The molecule has 3 rings (SSSR count). The van der Waals surface area contributed by atoms with E-state index in [1.807, 2.05) is 6.92 Å². The van der Waals surface area contributed by atoms with Gasteiger partial charge in [0.25, 0.3) is 5.91 Å². The van der Waals surface area contributed by atoms with E-state index in [0.717, 1.165) is 6.42 Å². The molecule has 1 fully saturated rings. The second-order valence-corrected chi connectivity index (χ2v) is 6.51. The van der Waals surface area contributed by atoms with Crippen LogP contribution < -0.4 is 0 Å². The maximum absolute atomic E-state index is 12.6. The minimum absolute atomic E-state index is 0.103. The zero-order valence-corrected chi connectivity index (χ0v) is 13.9. The number of nitrogens with zero attached hydrogens (tertiary/aromatic N) is 2. The molecular formula is C17H17ClN2O4. The second kappa shape index (κ2) is 6.65. The van der Waals surface area contributed by atoms with E-state index in [1.54, 1.807) is 24.3 Å². The standard InChI is InChI=1S/C17H17ClN2O4/c1-10-5-6-20(14(7-10)17(22)23)16(21)13-9-15(24-19-13)11-3-2-4-12(18)8-11/h2-4,8-10,14H,5-7H2,1H3,(H,22,23). The Morgan fingerprint density at radius 2 is 2.17 bits per heavy atom. The smallest absolute Gasteiger partial charge is 0.326 e. The predicted octanol–water partition coefficient (Wildman–Crippen LogP) is 3.32. The van der Waals surface area contributed by atoms with E-state index in [4.69, 9.17) is 16.1 Å². The number of piperidine rings is 1. The molecule has 1 amide bonds. The van der Waals surface area contributed by atoms with E-state index < -0.39 is 17.9 Å². The number of carboxylic acids is 1. The van der Waals surface area contributed by atoms with Gasteiger partial charge in [-0.25, -0.2) is 4.79 Å². The topological polar surface area (TPSA) is 83.6 Å². The molecule has 6 nitrogen and oxygen atoms in total. The molecule has 2 unspecified atom stereocenters. The molecule has 1 aromatic carbocycles. The van der Waals surface area contributed by atoms with Crippen molar-refractivity contribution in [3.63, 3.8) is 0 Å². The average molecular weight is 349 g/mol. The first-order valence-electron chi connectivity index (χ1n) is 7.72. The van der Waals surface area contributed by atoms with Crippen molar-refractivity contribution in [2.75, 3.05) is 6.54 Å². The van der Waals surface area contributed by atoms with Crippen LogP contribution in [-0.2, 0) is 4.79 Å². The molecule has 7 heteroatoms. The lowest BCUT2D eigenvalue weighted by atomic mass is 9.92. The van der Waals surface area contributed by atoms with Crippen LogP contribution in [0.4, 0.5) is 0 Å². The van der Waals surface area contributed by atoms with Gasteiger partial charge in [-0.3, -0.25) is 4.79 Å². The van der Waals surface area contributed by atoms with Crippen LogP contribution in [0.2, 0.25) is 5.02 Å². The van der Waals surface area contributed by atoms with Crippen LogP contribution in [0.15, 0.2) is 34.9 Å². The molecule has 1 aromatic heterocycles. The van der Waals surface area contributed by atoms with Crippen LogP contribution in [0, 0.1) is 5.92 Å². The quantitative estimate of drug-likeness (QED) is 0.919. The van der Waals surface area contributed by atoms with E-state index in [0.29, 0.717) is 29.3 Å². The van der Waals surface area contributed by atoms with Gasteiger partial charge in [0.05, 0.1) is 0 Å². The van der Waals surface area contributed by atoms with Crippen LogP contribution >= 0.6 is 11.6 Å². The van der Waals surface area contributed by atoms with Crippen molar-refractivity contribution < 1.29 is 19.2 Å². The van der Waals surface area contributed by atoms with Crippen molar-refractivity contribution in [3.05, 3.63) is 41.0 Å². The highest BCUT2D eigenvalue weighted by Gasteiger charge is 2.36. The largest absolute Gasteiger partial charge is 0.480 e. The van der Waals surface area contributed by atoms with Gasteiger partial charge < -0.3 is 14.5 Å². The molecule has 1 aliphatic heterocycles. The summed E-state index contributed by atoms with van der Waals surface area (Å²) in [4.78, 5) is 25.5. The van der Waals surface area contributed by atoms with Crippen LogP contribution in [0.5, 0.6) is 0 Å². The van der Waals surface area contributed by atoms with E-state index in [9.17, 15) is 14.7 Å². The van der Waals surface area contributed by atoms with E-state index in [1.165, 1.54) is 11.0 Å². The van der Waals surface area contributed by atoms with Gasteiger partial charge in [0.1, 0.15) is 6.04 Å². The number of amides is 1. The highest BCUT2D eigenvalue weighted by Crippen LogP contribution is 2.27. The SMILES string of the molecule is CC1CCN(C(=O)c2cc(-c3cccc(Cl)c3)on2)C(C(=O)O)C1. The molecule has 2 heterocycles. The van der Waals surface area contributed by atoms with Gasteiger partial charge >= 0.3 is 5.97 Å². The van der Waals surface area contributed by atoms with Crippen molar-refractivity contribution in [2.45, 2.75) is 25.8 Å². The second-order valence-electron chi connectivity index (χ2n) is 6.07. The highest BCUT2D eigenvalue weighted by molar-refractivity contribution is 6.30. The van der Waals surface area contributed by atoms with Crippen molar-refractivity contribution in [1.82, 2.24) is 10.1 Å². The molecule has 0 bridgehead atoms. The third-order valence-electron chi connectivity index (χ3n) is 4.25. The number of likely N-dealkylation sites (tertiary alicyclic amines) is 1. The molecule has 0 spiro atoms. The van der Waals surface area contributed by atoms with Crippen LogP contribution in [-0.4, -0.2) is 39.6 Å². The molecule has 1 N–H and O–H groups in total. The summed E-state index contributed by atoms with van der Waals surface area (Å²) in [5.41, 5.74) is 0.807. The predicted molar refractivity (Wildman–Crippen MR) is 87.8 cm³/mol. The van der Waals surface area contributed by atoms with Gasteiger partial charge in [-0.15, -0.1) is 0 Å². The minimum Gasteiger partial charge on any atom is -0.480 e. The number of benzene rings is 1. The lowest BCUT2D eigenvalue weighted by Gasteiger charge is -2.35. The number of rotatable bonds is 3. The maximum atomic E-state index is 12.6. The fourth-order valence-corrected chi connectivity index (χ4v) is 3.11. The Hall–Kier alpha value is -2.34. The summed E-state index contributed by atoms with van der Waals surface area (Å²) in [6.07, 6.45) is 1.22. The van der Waals surface area contributed by atoms with Gasteiger partial charge in [-0.2, -0.15) is 0 Å². The number of carbonyl (C=O) groups excluding carboxylic acids is 1. The number of hydrogen-bond donors (Lipinski definition) is 1. The van der Waals surface area contributed by atoms with E-state index in [2.05, 4.69) is 5.16 Å². The fourth-order valence-electron chi connectivity index (χ4n) is 2.92. The van der Waals surface area contributed by atoms with Crippen molar-refractivity contribution in [3.8, 4) is 11.3 Å². The number of carbonyl (C=O) groups is 2. The fraction of sp³-hybridized carbons (Fsp3) is 0.353. The summed E-state index contributed by atoms with van der Waals surface area (Å²) in [5.74, 6) is -0.729. The number of aromatic nitrogens is 1. The molecule has 0 aliphatic carbocycles. The van der Waals surface area contributed by atoms with Gasteiger partial charge in [0.2, 0.25) is 0 Å². The van der Waals surface area contributed by atoms with Crippen LogP contribution in [0.25, 0.3) is 11.3 Å². The minimum atomic E-state index is -0.992. The summed E-state index contributed by atoms with van der Waals surface area (Å²) < 4.78 is 5.23. The summed E-state index contributed by atoms with van der Waals surface area (Å²) in [6.45, 7) is 2.39. The van der Waals surface area contributed by atoms with E-state index >= 15 is 0 Å². The van der Waals surface area contributed by atoms with Crippen LogP contribution in [0.3, 0.4) is 0 Å². The molecule has 2 atom stereocenters. The number of aliphatic carboxylic acids is 1. The first-order valence-corrected chi connectivity index (χ1v) is 8.10. The Morgan fingerprint density at radius 3 is 2.88 bits per heavy atom. The third-order valence-corrected chi connectivity index (χ3v) is 4.48. The average Bonchev–Trinajstić information content (AvgIpc) is 3.04.